The molecule has 1 unspecified atom stereocenters. The van der Waals surface area contributed by atoms with Crippen LogP contribution < -0.4 is 4.90 Å². The number of carboxylic acids is 1. The van der Waals surface area contributed by atoms with Gasteiger partial charge in [-0.15, -0.1) is 0 Å². The number of nitrogens with zero attached hydrogens (tertiary/aromatic N) is 3. The molecule has 0 radical (unpaired) electrons. The van der Waals surface area contributed by atoms with Crippen LogP contribution in [-0.2, 0) is 4.79 Å². The average Bonchev–Trinajstić information content (AvgIpc) is 2.44. The number of benzene rings is 1. The Labute approximate surface area is 117 Å². The minimum absolute atomic E-state index is 0.248. The maximum absolute atomic E-state index is 12.3. The van der Waals surface area contributed by atoms with Crippen molar-refractivity contribution in [3.8, 4) is 6.07 Å². The van der Waals surface area contributed by atoms with Crippen LogP contribution in [0.25, 0.3) is 0 Å². The fraction of sp³-hybridized carbons (Fsp3) is 0.357. The Morgan fingerprint density at radius 1 is 1.35 bits per heavy atom. The van der Waals surface area contributed by atoms with Crippen LogP contribution >= 0.6 is 0 Å². The maximum atomic E-state index is 12.3. The number of carboxylic acid groups (broad SMARTS) is 1. The number of urea groups is 1. The Balaban J connectivity index is 2.91. The van der Waals surface area contributed by atoms with Crippen molar-refractivity contribution in [2.75, 3.05) is 25.0 Å². The number of hydrogen-bond donors (Lipinski definition) is 1. The zero-order chi connectivity index (χ0) is 15.1. The van der Waals surface area contributed by atoms with E-state index >= 15 is 0 Å². The molecule has 0 bridgehead atoms. The van der Waals surface area contributed by atoms with E-state index in [0.29, 0.717) is 5.69 Å². The molecule has 0 heterocycles. The van der Waals surface area contributed by atoms with Gasteiger partial charge in [-0.3, -0.25) is 9.69 Å². The van der Waals surface area contributed by atoms with Crippen LogP contribution in [0, 0.1) is 17.2 Å². The van der Waals surface area contributed by atoms with Crippen molar-refractivity contribution in [3.05, 3.63) is 30.3 Å². The van der Waals surface area contributed by atoms with Crippen LogP contribution in [0.15, 0.2) is 30.3 Å². The van der Waals surface area contributed by atoms with Crippen molar-refractivity contribution in [2.45, 2.75) is 6.92 Å². The summed E-state index contributed by atoms with van der Waals surface area (Å²) in [6, 6.07) is 10.2. The first-order valence-corrected chi connectivity index (χ1v) is 6.14. The SMILES string of the molecule is CC(C#N)CN(C)C(=O)N(CC(=O)O)c1ccccc1. The van der Waals surface area contributed by atoms with Gasteiger partial charge < -0.3 is 10.0 Å². The van der Waals surface area contributed by atoms with E-state index in [9.17, 15) is 9.59 Å². The summed E-state index contributed by atoms with van der Waals surface area (Å²) < 4.78 is 0. The standard InChI is InChI=1S/C14H17N3O3/c1-11(8-15)9-16(2)14(20)17(10-13(18)19)12-6-4-3-5-7-12/h3-7,11H,9-10H2,1-2H3,(H,18,19). The molecule has 1 aromatic rings. The van der Waals surface area contributed by atoms with Crippen molar-refractivity contribution in [1.29, 1.82) is 5.26 Å². The van der Waals surface area contributed by atoms with Crippen LogP contribution in [0.5, 0.6) is 0 Å². The molecule has 1 N–H and O–H groups in total. The zero-order valence-electron chi connectivity index (χ0n) is 11.5. The highest BCUT2D eigenvalue weighted by molar-refractivity contribution is 5.96. The molecule has 6 nitrogen and oxygen atoms in total. The van der Waals surface area contributed by atoms with E-state index in [1.165, 1.54) is 9.80 Å². The summed E-state index contributed by atoms with van der Waals surface area (Å²) in [5.74, 6) is -1.41. The second-order valence-corrected chi connectivity index (χ2v) is 4.51. The molecule has 0 saturated carbocycles. The van der Waals surface area contributed by atoms with Gasteiger partial charge in [0.15, 0.2) is 0 Å². The molecular formula is C14H17N3O3. The second-order valence-electron chi connectivity index (χ2n) is 4.51. The Morgan fingerprint density at radius 2 is 1.95 bits per heavy atom. The Morgan fingerprint density at radius 3 is 2.45 bits per heavy atom. The van der Waals surface area contributed by atoms with Crippen molar-refractivity contribution < 1.29 is 14.7 Å². The molecule has 20 heavy (non-hydrogen) atoms. The summed E-state index contributed by atoms with van der Waals surface area (Å²) in [5.41, 5.74) is 0.511. The molecule has 0 saturated heterocycles. The third-order valence-corrected chi connectivity index (χ3v) is 2.69. The lowest BCUT2D eigenvalue weighted by Gasteiger charge is -2.27. The molecule has 1 rings (SSSR count). The highest BCUT2D eigenvalue weighted by Gasteiger charge is 2.23. The first-order valence-electron chi connectivity index (χ1n) is 6.14. The minimum atomic E-state index is -1.09. The predicted octanol–water partition coefficient (Wildman–Crippen LogP) is 1.79. The first kappa shape index (κ1) is 15.5. The summed E-state index contributed by atoms with van der Waals surface area (Å²) >= 11 is 0. The largest absolute Gasteiger partial charge is 0.480 e. The number of anilines is 1. The molecule has 0 aromatic heterocycles. The fourth-order valence-corrected chi connectivity index (χ4v) is 1.75. The highest BCUT2D eigenvalue weighted by atomic mass is 16.4. The third-order valence-electron chi connectivity index (χ3n) is 2.69. The quantitative estimate of drug-likeness (QED) is 0.887. The molecule has 0 aliphatic heterocycles. The Bertz CT molecular complexity index is 510. The van der Waals surface area contributed by atoms with Gasteiger partial charge in [0, 0.05) is 19.3 Å². The topological polar surface area (TPSA) is 84.6 Å². The van der Waals surface area contributed by atoms with Gasteiger partial charge in [-0.2, -0.15) is 5.26 Å². The third kappa shape index (κ3) is 4.28. The van der Waals surface area contributed by atoms with Gasteiger partial charge in [0.2, 0.25) is 0 Å². The first-order chi connectivity index (χ1) is 9.45. The summed E-state index contributed by atoms with van der Waals surface area (Å²) in [5, 5.41) is 17.7. The number of aliphatic carboxylic acids is 1. The van der Waals surface area contributed by atoms with E-state index in [-0.39, 0.29) is 12.5 Å². The molecule has 1 atom stereocenters. The number of carbonyl (C=O) groups excluding carboxylic acids is 1. The average molecular weight is 275 g/mol. The summed E-state index contributed by atoms with van der Waals surface area (Å²) in [6.07, 6.45) is 0. The smallest absolute Gasteiger partial charge is 0.324 e. The van der Waals surface area contributed by atoms with Crippen molar-refractivity contribution >= 4 is 17.7 Å². The van der Waals surface area contributed by atoms with Crippen molar-refractivity contribution in [1.82, 2.24) is 4.90 Å². The second kappa shape index (κ2) is 7.14. The van der Waals surface area contributed by atoms with Crippen LogP contribution in [0.4, 0.5) is 10.5 Å². The fourth-order valence-electron chi connectivity index (χ4n) is 1.75. The number of para-hydroxylation sites is 1. The van der Waals surface area contributed by atoms with E-state index in [0.717, 1.165) is 0 Å². The van der Waals surface area contributed by atoms with E-state index in [2.05, 4.69) is 0 Å². The van der Waals surface area contributed by atoms with Gasteiger partial charge in [-0.25, -0.2) is 4.79 Å². The van der Waals surface area contributed by atoms with Gasteiger partial charge in [0.05, 0.1) is 12.0 Å². The number of rotatable bonds is 5. The molecule has 0 spiro atoms. The van der Waals surface area contributed by atoms with Crippen LogP contribution in [0.2, 0.25) is 0 Å². The lowest BCUT2D eigenvalue weighted by Crippen LogP contribution is -2.45. The van der Waals surface area contributed by atoms with E-state index in [1.54, 1.807) is 44.3 Å². The molecule has 2 amide bonds. The van der Waals surface area contributed by atoms with Crippen LogP contribution in [-0.4, -0.2) is 42.1 Å². The molecule has 0 aliphatic carbocycles. The van der Waals surface area contributed by atoms with Crippen molar-refractivity contribution in [3.63, 3.8) is 0 Å². The van der Waals surface area contributed by atoms with Gasteiger partial charge in [-0.1, -0.05) is 18.2 Å². The highest BCUT2D eigenvalue weighted by Crippen LogP contribution is 2.15. The molecule has 106 valence electrons. The van der Waals surface area contributed by atoms with E-state index in [4.69, 9.17) is 10.4 Å². The lowest BCUT2D eigenvalue weighted by molar-refractivity contribution is -0.135. The monoisotopic (exact) mass is 275 g/mol. The Hall–Kier alpha value is -2.55. The molecule has 1 aromatic carbocycles. The van der Waals surface area contributed by atoms with Gasteiger partial charge >= 0.3 is 12.0 Å². The van der Waals surface area contributed by atoms with Gasteiger partial charge in [-0.05, 0) is 19.1 Å². The Kier molecular flexibility index (Phi) is 5.54. The number of amides is 2. The lowest BCUT2D eigenvalue weighted by atomic mass is 10.2. The summed E-state index contributed by atoms with van der Waals surface area (Å²) in [4.78, 5) is 25.8. The van der Waals surface area contributed by atoms with Crippen LogP contribution in [0.3, 0.4) is 0 Å². The number of nitriles is 1. The predicted molar refractivity (Wildman–Crippen MR) is 74.2 cm³/mol. The summed E-state index contributed by atoms with van der Waals surface area (Å²) in [6.45, 7) is 1.53. The molecule has 0 aliphatic rings. The van der Waals surface area contributed by atoms with Crippen molar-refractivity contribution in [2.24, 2.45) is 5.92 Å². The minimum Gasteiger partial charge on any atom is -0.480 e. The molecule has 6 heteroatoms. The van der Waals surface area contributed by atoms with Gasteiger partial charge in [0.25, 0.3) is 0 Å². The zero-order valence-corrected chi connectivity index (χ0v) is 11.5. The molecular weight excluding hydrogens is 258 g/mol. The number of hydrogen-bond acceptors (Lipinski definition) is 3. The van der Waals surface area contributed by atoms with Gasteiger partial charge in [0.1, 0.15) is 6.54 Å². The van der Waals surface area contributed by atoms with E-state index in [1.807, 2.05) is 6.07 Å². The summed E-state index contributed by atoms with van der Waals surface area (Å²) in [7, 11) is 1.55. The molecule has 0 fully saturated rings. The number of carbonyl (C=O) groups is 2. The normalized spacial score (nSPS) is 11.2. The van der Waals surface area contributed by atoms with Crippen LogP contribution in [0.1, 0.15) is 6.92 Å². The maximum Gasteiger partial charge on any atom is 0.324 e. The van der Waals surface area contributed by atoms with E-state index < -0.39 is 18.5 Å².